The Balaban J connectivity index is 1.33. The molecule has 1 heterocycles. The van der Waals surface area contributed by atoms with E-state index >= 15 is 0 Å². The van der Waals surface area contributed by atoms with Gasteiger partial charge >= 0.3 is 0 Å². The van der Waals surface area contributed by atoms with Crippen molar-refractivity contribution < 1.29 is 5.32 Å². The Bertz CT molecular complexity index is 2210. The highest BCUT2D eigenvalue weighted by Crippen LogP contribution is 2.52. The molecule has 3 heteroatoms. The third-order valence-corrected chi connectivity index (χ3v) is 12.3. The Hall–Kier alpha value is -4.63. The lowest BCUT2D eigenvalue weighted by molar-refractivity contribution is -0.573. The number of benzene rings is 5. The predicted octanol–water partition coefficient (Wildman–Crippen LogP) is 12.6. The Labute approximate surface area is 335 Å². The van der Waals surface area contributed by atoms with E-state index in [9.17, 15) is 0 Å². The summed E-state index contributed by atoms with van der Waals surface area (Å²) < 4.78 is 0. The number of anilines is 1. The first-order valence-electron chi connectivity index (χ1n) is 20.4. The molecule has 1 aliphatic carbocycles. The summed E-state index contributed by atoms with van der Waals surface area (Å²) in [5, 5.41) is 5.90. The van der Waals surface area contributed by atoms with Gasteiger partial charge < -0.3 is 10.2 Å². The summed E-state index contributed by atoms with van der Waals surface area (Å²) in [6, 6.07) is 42.2. The smallest absolute Gasteiger partial charge is 0.133 e. The number of hydrogen-bond acceptors (Lipinski definition) is 1. The van der Waals surface area contributed by atoms with Gasteiger partial charge in [0.2, 0.25) is 0 Å². The Kier molecular flexibility index (Phi) is 12.0. The van der Waals surface area contributed by atoms with Crippen molar-refractivity contribution in [1.29, 1.82) is 0 Å². The monoisotopic (exact) mass is 745 g/mol. The second kappa shape index (κ2) is 17.0. The Morgan fingerprint density at radius 2 is 1.62 bits per heavy atom. The number of quaternary nitrogens is 1. The highest BCUT2D eigenvalue weighted by atomic mass is 35.5. The highest BCUT2D eigenvalue weighted by molar-refractivity contribution is 6.30. The zero-order valence-corrected chi connectivity index (χ0v) is 34.2. The van der Waals surface area contributed by atoms with Crippen molar-refractivity contribution in [3.05, 3.63) is 190 Å². The van der Waals surface area contributed by atoms with Crippen molar-refractivity contribution in [3.8, 4) is 0 Å². The fourth-order valence-corrected chi connectivity index (χ4v) is 9.38. The van der Waals surface area contributed by atoms with Crippen LogP contribution in [0.5, 0.6) is 0 Å². The molecule has 0 saturated heterocycles. The fourth-order valence-electron chi connectivity index (χ4n) is 9.20. The molecule has 5 aromatic carbocycles. The topological polar surface area (TPSA) is 19.9 Å². The van der Waals surface area contributed by atoms with Crippen LogP contribution in [0.2, 0.25) is 5.02 Å². The van der Waals surface area contributed by atoms with Gasteiger partial charge in [0.25, 0.3) is 0 Å². The highest BCUT2D eigenvalue weighted by Gasteiger charge is 2.43. The number of hydrogen-bond donors (Lipinski definition) is 1. The van der Waals surface area contributed by atoms with E-state index in [-0.39, 0.29) is 10.8 Å². The average molecular weight is 747 g/mol. The number of fused-ring (bicyclic) bond motifs is 3. The molecule has 0 fully saturated rings. The summed E-state index contributed by atoms with van der Waals surface area (Å²) in [5.74, 6) is 1.22. The van der Waals surface area contributed by atoms with Crippen LogP contribution in [0.4, 0.5) is 11.4 Å². The standard InChI is InChI=1S/C52H57ClN2/c1-38(2)31-33-54-47-29-28-44(53)34-46(47)52(36-41-18-10-7-11-19-41,37-42-25-23-39(3)24-26-42)32-15-14-22-49-51(4,35-40-16-8-6-9-17-40)50-45-21-13-12-20-43(45)27-30-48(50)55(49)5/h6-23,25-30,34,38-39,54H,24,31-33,35-37H2,1-5H3/p+1/b15-14+,49-22+. The maximum atomic E-state index is 6.94. The molecule has 0 saturated carbocycles. The normalized spacial score (nSPS) is 20.1. The van der Waals surface area contributed by atoms with E-state index in [2.05, 4.69) is 197 Å². The number of rotatable bonds is 14. The van der Waals surface area contributed by atoms with Crippen LogP contribution in [0.3, 0.4) is 0 Å². The van der Waals surface area contributed by atoms with Crippen molar-refractivity contribution in [2.24, 2.45) is 11.8 Å². The van der Waals surface area contributed by atoms with Gasteiger partial charge in [-0.2, -0.15) is 0 Å². The molecular formula is C52H58ClN2+. The van der Waals surface area contributed by atoms with E-state index in [0.717, 1.165) is 43.7 Å². The van der Waals surface area contributed by atoms with Crippen molar-refractivity contribution in [2.45, 2.75) is 77.0 Å². The molecule has 3 unspecified atom stereocenters. The Morgan fingerprint density at radius 1 is 0.891 bits per heavy atom. The van der Waals surface area contributed by atoms with Gasteiger partial charge in [0.05, 0.1) is 6.54 Å². The van der Waals surface area contributed by atoms with Gasteiger partial charge in [-0.1, -0.05) is 159 Å². The van der Waals surface area contributed by atoms with Crippen LogP contribution in [0.25, 0.3) is 10.8 Å². The van der Waals surface area contributed by atoms with Gasteiger partial charge in [-0.3, -0.25) is 0 Å². The molecule has 3 atom stereocenters. The molecule has 0 bridgehead atoms. The molecular weight excluding hydrogens is 688 g/mol. The maximum Gasteiger partial charge on any atom is 0.133 e. The molecule has 2 aliphatic rings. The summed E-state index contributed by atoms with van der Waals surface area (Å²) in [4.78, 5) is 2.43. The molecule has 55 heavy (non-hydrogen) atoms. The lowest BCUT2D eigenvalue weighted by Gasteiger charge is -2.36. The molecule has 5 aromatic rings. The lowest BCUT2D eigenvalue weighted by atomic mass is 9.67. The average Bonchev–Trinajstić information content (AvgIpc) is 3.40. The van der Waals surface area contributed by atoms with Crippen LogP contribution in [0.1, 0.15) is 75.6 Å². The van der Waals surface area contributed by atoms with Gasteiger partial charge in [0.15, 0.2) is 0 Å². The predicted molar refractivity (Wildman–Crippen MR) is 236 cm³/mol. The molecule has 2 N–H and O–H groups in total. The van der Waals surface area contributed by atoms with Crippen LogP contribution < -0.4 is 10.2 Å². The number of nitrogens with zero attached hydrogens (tertiary/aromatic N) is 1. The number of nitrogens with two attached hydrogens (primary N) is 1. The first-order valence-corrected chi connectivity index (χ1v) is 20.7. The first-order chi connectivity index (χ1) is 26.6. The third kappa shape index (κ3) is 8.62. The second-order valence-corrected chi connectivity index (χ2v) is 17.2. The lowest BCUT2D eigenvalue weighted by Crippen LogP contribution is -2.79. The van der Waals surface area contributed by atoms with E-state index in [0.29, 0.717) is 11.8 Å². The van der Waals surface area contributed by atoms with E-state index < -0.39 is 0 Å². The van der Waals surface area contributed by atoms with E-state index in [1.165, 1.54) is 62.1 Å². The second-order valence-electron chi connectivity index (χ2n) is 16.8. The molecule has 0 radical (unpaired) electrons. The summed E-state index contributed by atoms with van der Waals surface area (Å²) >= 11 is 6.94. The molecule has 1 aliphatic heterocycles. The summed E-state index contributed by atoms with van der Waals surface area (Å²) in [7, 11) is 2.25. The summed E-state index contributed by atoms with van der Waals surface area (Å²) in [5.41, 5.74) is 10.4. The first kappa shape index (κ1) is 38.6. The van der Waals surface area contributed by atoms with Crippen LogP contribution in [0.15, 0.2) is 163 Å². The SMILES string of the molecule is CC(C)CC[NH2+]c1ccc(Cl)cc1C(C/C=C/C=C1/N(C)c2ccc3ccccc3c2C1(C)Cc1ccccc1)(CC1=CCC(C)C=C1)Cc1ccccc1. The minimum atomic E-state index is -0.213. The van der Waals surface area contributed by atoms with E-state index in [1.807, 2.05) is 0 Å². The number of allylic oxidation sites excluding steroid dienone is 8. The zero-order valence-electron chi connectivity index (χ0n) is 33.4. The van der Waals surface area contributed by atoms with E-state index in [4.69, 9.17) is 11.6 Å². The molecule has 2 nitrogen and oxygen atoms in total. The van der Waals surface area contributed by atoms with Crippen molar-refractivity contribution >= 4 is 33.7 Å². The number of halogens is 1. The third-order valence-electron chi connectivity index (χ3n) is 12.1. The minimum Gasteiger partial charge on any atom is -0.347 e. The van der Waals surface area contributed by atoms with Gasteiger partial charge in [-0.05, 0) is 109 Å². The molecule has 7 rings (SSSR count). The van der Waals surface area contributed by atoms with Crippen molar-refractivity contribution in [3.63, 3.8) is 0 Å². The van der Waals surface area contributed by atoms with Crippen molar-refractivity contribution in [2.75, 3.05) is 18.5 Å². The van der Waals surface area contributed by atoms with Crippen LogP contribution in [-0.2, 0) is 23.7 Å². The maximum absolute atomic E-state index is 6.94. The van der Waals surface area contributed by atoms with Crippen LogP contribution >= 0.6 is 11.6 Å². The van der Waals surface area contributed by atoms with Gasteiger partial charge in [-0.15, -0.1) is 0 Å². The van der Waals surface area contributed by atoms with Crippen LogP contribution in [-0.4, -0.2) is 13.6 Å². The summed E-state index contributed by atoms with van der Waals surface area (Å²) in [6.45, 7) is 10.4. The van der Waals surface area contributed by atoms with Gasteiger partial charge in [0.1, 0.15) is 5.69 Å². The quantitative estimate of drug-likeness (QED) is 0.112. The minimum absolute atomic E-state index is 0.211. The number of likely N-dealkylation sites (N-methyl/N-ethyl adjacent to an activating group) is 1. The molecule has 282 valence electrons. The molecule has 0 spiro atoms. The van der Waals surface area contributed by atoms with Gasteiger partial charge in [-0.25, -0.2) is 0 Å². The van der Waals surface area contributed by atoms with Crippen molar-refractivity contribution in [1.82, 2.24) is 0 Å². The largest absolute Gasteiger partial charge is 0.347 e. The van der Waals surface area contributed by atoms with Gasteiger partial charge in [0, 0.05) is 45.9 Å². The summed E-state index contributed by atoms with van der Waals surface area (Å²) in [6.07, 6.45) is 20.4. The van der Waals surface area contributed by atoms with E-state index in [1.54, 1.807) is 0 Å². The fraction of sp³-hybridized carbons (Fsp3) is 0.308. The molecule has 0 amide bonds. The molecule has 0 aromatic heterocycles. The Morgan fingerprint density at radius 3 is 2.35 bits per heavy atom. The van der Waals surface area contributed by atoms with Crippen LogP contribution in [0, 0.1) is 11.8 Å². The zero-order chi connectivity index (χ0) is 38.4.